The van der Waals surface area contributed by atoms with Crippen LogP contribution in [0.1, 0.15) is 32.1 Å². The van der Waals surface area contributed by atoms with Crippen LogP contribution in [0.4, 0.5) is 0 Å². The third-order valence-electron chi connectivity index (χ3n) is 2.42. The molecule has 14 heavy (non-hydrogen) atoms. The van der Waals surface area contributed by atoms with Crippen molar-refractivity contribution < 1.29 is 4.74 Å². The van der Waals surface area contributed by atoms with Gasteiger partial charge in [-0.3, -0.25) is 4.98 Å². The molecular formula is C10H13ClN2O. The van der Waals surface area contributed by atoms with E-state index in [1.165, 1.54) is 25.5 Å². The van der Waals surface area contributed by atoms with Gasteiger partial charge in [-0.2, -0.15) is 4.98 Å². The monoisotopic (exact) mass is 212 g/mol. The van der Waals surface area contributed by atoms with Crippen LogP contribution in [0.2, 0.25) is 5.15 Å². The number of hydrogen-bond acceptors (Lipinski definition) is 3. The van der Waals surface area contributed by atoms with Crippen molar-refractivity contribution in [1.29, 1.82) is 0 Å². The van der Waals surface area contributed by atoms with E-state index in [0.29, 0.717) is 17.1 Å². The molecule has 0 radical (unpaired) electrons. The maximum atomic E-state index is 5.71. The first kappa shape index (κ1) is 9.71. The first-order valence-electron chi connectivity index (χ1n) is 4.99. The molecule has 0 aromatic carbocycles. The molecule has 0 amide bonds. The minimum absolute atomic E-state index is 0.302. The van der Waals surface area contributed by atoms with Crippen LogP contribution < -0.4 is 4.74 Å². The average Bonchev–Trinajstić information content (AvgIpc) is 2.19. The lowest BCUT2D eigenvalue weighted by Gasteiger charge is -2.21. The predicted octanol–water partition coefficient (Wildman–Crippen LogP) is 2.84. The molecule has 76 valence electrons. The van der Waals surface area contributed by atoms with Gasteiger partial charge in [0.2, 0.25) is 5.88 Å². The lowest BCUT2D eigenvalue weighted by atomic mass is 9.98. The zero-order valence-corrected chi connectivity index (χ0v) is 8.70. The maximum absolute atomic E-state index is 5.71. The van der Waals surface area contributed by atoms with E-state index in [9.17, 15) is 0 Å². The Hall–Kier alpha value is -0.830. The van der Waals surface area contributed by atoms with Gasteiger partial charge >= 0.3 is 0 Å². The average molecular weight is 213 g/mol. The van der Waals surface area contributed by atoms with Crippen LogP contribution in [0.3, 0.4) is 0 Å². The highest BCUT2D eigenvalue weighted by atomic mass is 35.5. The van der Waals surface area contributed by atoms with Gasteiger partial charge in [0.05, 0.1) is 12.4 Å². The van der Waals surface area contributed by atoms with Gasteiger partial charge < -0.3 is 4.74 Å². The molecule has 1 saturated carbocycles. The Balaban J connectivity index is 1.95. The summed E-state index contributed by atoms with van der Waals surface area (Å²) in [6, 6.07) is 0. The van der Waals surface area contributed by atoms with Gasteiger partial charge in [0.15, 0.2) is 5.15 Å². The summed E-state index contributed by atoms with van der Waals surface area (Å²) >= 11 is 5.71. The number of hydrogen-bond donors (Lipinski definition) is 0. The van der Waals surface area contributed by atoms with E-state index in [4.69, 9.17) is 16.3 Å². The lowest BCUT2D eigenvalue weighted by Crippen LogP contribution is -2.20. The molecule has 1 aliphatic rings. The zero-order chi connectivity index (χ0) is 9.80. The normalized spacial score (nSPS) is 18.1. The van der Waals surface area contributed by atoms with E-state index in [1.807, 2.05) is 0 Å². The Kier molecular flexibility index (Phi) is 3.19. The third kappa shape index (κ3) is 2.58. The summed E-state index contributed by atoms with van der Waals surface area (Å²) in [5.74, 6) is 0.546. The number of halogens is 1. The fourth-order valence-electron chi connectivity index (χ4n) is 1.74. The van der Waals surface area contributed by atoms with Crippen molar-refractivity contribution >= 4 is 11.6 Å². The number of nitrogens with zero attached hydrogens (tertiary/aromatic N) is 2. The quantitative estimate of drug-likeness (QED) is 0.756. The summed E-state index contributed by atoms with van der Waals surface area (Å²) < 4.78 is 5.68. The van der Waals surface area contributed by atoms with Gasteiger partial charge in [0.25, 0.3) is 0 Å². The molecule has 1 aromatic heterocycles. The summed E-state index contributed by atoms with van der Waals surface area (Å²) in [6.45, 7) is 0. The summed E-state index contributed by atoms with van der Waals surface area (Å²) in [5, 5.41) is 0.387. The van der Waals surface area contributed by atoms with Crippen molar-refractivity contribution in [2.45, 2.75) is 38.2 Å². The van der Waals surface area contributed by atoms with Crippen molar-refractivity contribution in [2.75, 3.05) is 0 Å². The van der Waals surface area contributed by atoms with E-state index < -0.39 is 0 Å². The van der Waals surface area contributed by atoms with E-state index in [-0.39, 0.29) is 0 Å². The van der Waals surface area contributed by atoms with Crippen LogP contribution in [-0.4, -0.2) is 16.1 Å². The second-order valence-electron chi connectivity index (χ2n) is 3.56. The first-order valence-corrected chi connectivity index (χ1v) is 5.36. The number of aromatic nitrogens is 2. The highest BCUT2D eigenvalue weighted by molar-refractivity contribution is 6.29. The molecule has 0 saturated heterocycles. The van der Waals surface area contributed by atoms with Gasteiger partial charge in [0, 0.05) is 0 Å². The lowest BCUT2D eigenvalue weighted by molar-refractivity contribution is 0.148. The number of ether oxygens (including phenoxy) is 1. The van der Waals surface area contributed by atoms with Crippen LogP contribution in [0.25, 0.3) is 0 Å². The van der Waals surface area contributed by atoms with E-state index in [0.717, 1.165) is 12.8 Å². The summed E-state index contributed by atoms with van der Waals surface area (Å²) in [5.41, 5.74) is 0. The second-order valence-corrected chi connectivity index (χ2v) is 3.95. The fourth-order valence-corrected chi connectivity index (χ4v) is 1.88. The largest absolute Gasteiger partial charge is 0.473 e. The highest BCUT2D eigenvalue weighted by Crippen LogP contribution is 2.22. The molecular weight excluding hydrogens is 200 g/mol. The van der Waals surface area contributed by atoms with Crippen LogP contribution in [0, 0.1) is 0 Å². The van der Waals surface area contributed by atoms with Crippen molar-refractivity contribution in [3.05, 3.63) is 17.5 Å². The predicted molar refractivity (Wildman–Crippen MR) is 54.5 cm³/mol. The molecule has 0 spiro atoms. The van der Waals surface area contributed by atoms with Crippen molar-refractivity contribution in [3.8, 4) is 5.88 Å². The Morgan fingerprint density at radius 2 is 2.00 bits per heavy atom. The summed E-state index contributed by atoms with van der Waals surface area (Å²) in [7, 11) is 0. The van der Waals surface area contributed by atoms with Gasteiger partial charge in [-0.1, -0.05) is 18.0 Å². The van der Waals surface area contributed by atoms with E-state index in [2.05, 4.69) is 9.97 Å². The molecule has 0 atom stereocenters. The standard InChI is InChI=1S/C10H13ClN2O/c11-9-6-12-7-10(13-9)14-8-4-2-1-3-5-8/h6-8H,1-5H2. The molecule has 0 aliphatic heterocycles. The molecule has 0 N–H and O–H groups in total. The molecule has 1 heterocycles. The molecule has 1 aromatic rings. The smallest absolute Gasteiger partial charge is 0.234 e. The Morgan fingerprint density at radius 3 is 2.71 bits per heavy atom. The van der Waals surface area contributed by atoms with E-state index >= 15 is 0 Å². The summed E-state index contributed by atoms with van der Waals surface area (Å²) in [6.07, 6.45) is 9.48. The molecule has 1 aliphatic carbocycles. The second kappa shape index (κ2) is 4.60. The minimum atomic E-state index is 0.302. The summed E-state index contributed by atoms with van der Waals surface area (Å²) in [4.78, 5) is 7.98. The Morgan fingerprint density at radius 1 is 1.21 bits per heavy atom. The van der Waals surface area contributed by atoms with E-state index in [1.54, 1.807) is 6.20 Å². The third-order valence-corrected chi connectivity index (χ3v) is 2.60. The first-order chi connectivity index (χ1) is 6.84. The number of rotatable bonds is 2. The molecule has 0 unspecified atom stereocenters. The van der Waals surface area contributed by atoms with Crippen molar-refractivity contribution in [2.24, 2.45) is 0 Å². The molecule has 3 nitrogen and oxygen atoms in total. The highest BCUT2D eigenvalue weighted by Gasteiger charge is 2.15. The van der Waals surface area contributed by atoms with Gasteiger partial charge in [0.1, 0.15) is 6.10 Å². The molecule has 4 heteroatoms. The van der Waals surface area contributed by atoms with Gasteiger partial charge in [-0.25, -0.2) is 0 Å². The Bertz CT molecular complexity index is 300. The molecule has 0 bridgehead atoms. The van der Waals surface area contributed by atoms with Crippen molar-refractivity contribution in [3.63, 3.8) is 0 Å². The molecule has 2 rings (SSSR count). The van der Waals surface area contributed by atoms with Crippen LogP contribution >= 0.6 is 11.6 Å². The SMILES string of the molecule is Clc1cncc(OC2CCCCC2)n1. The van der Waals surface area contributed by atoms with Gasteiger partial charge in [-0.05, 0) is 25.7 Å². The maximum Gasteiger partial charge on any atom is 0.234 e. The van der Waals surface area contributed by atoms with Gasteiger partial charge in [-0.15, -0.1) is 0 Å². The van der Waals surface area contributed by atoms with Crippen LogP contribution in [0.15, 0.2) is 12.4 Å². The fraction of sp³-hybridized carbons (Fsp3) is 0.600. The van der Waals surface area contributed by atoms with Crippen LogP contribution in [-0.2, 0) is 0 Å². The molecule has 1 fully saturated rings. The minimum Gasteiger partial charge on any atom is -0.473 e. The topological polar surface area (TPSA) is 35.0 Å². The Labute approximate surface area is 88.5 Å². The van der Waals surface area contributed by atoms with Crippen molar-refractivity contribution in [1.82, 2.24) is 9.97 Å². The zero-order valence-electron chi connectivity index (χ0n) is 7.95. The van der Waals surface area contributed by atoms with Crippen LogP contribution in [0.5, 0.6) is 5.88 Å².